The molecule has 1 amide bonds. The Bertz CT molecular complexity index is 296. The maximum absolute atomic E-state index is 11.5. The number of amides is 1. The number of nitrogens with one attached hydrogen (secondary N) is 2. The number of nitrogens with zero attached hydrogens (tertiary/aromatic N) is 1. The highest BCUT2D eigenvalue weighted by Gasteiger charge is 2.12. The zero-order valence-electron chi connectivity index (χ0n) is 9.16. The van der Waals surface area contributed by atoms with E-state index in [9.17, 15) is 4.79 Å². The lowest BCUT2D eigenvalue weighted by Gasteiger charge is -2.14. The van der Waals surface area contributed by atoms with Crippen LogP contribution in [0, 0.1) is 0 Å². The molecule has 0 bridgehead atoms. The van der Waals surface area contributed by atoms with Crippen molar-refractivity contribution in [2.75, 3.05) is 0 Å². The van der Waals surface area contributed by atoms with Crippen molar-refractivity contribution in [3.63, 3.8) is 0 Å². The Kier molecular flexibility index (Phi) is 4.30. The zero-order valence-corrected chi connectivity index (χ0v) is 9.16. The van der Waals surface area contributed by atoms with E-state index in [0.717, 1.165) is 12.0 Å². The highest BCUT2D eigenvalue weighted by Crippen LogP contribution is 2.09. The van der Waals surface area contributed by atoms with Gasteiger partial charge in [0.05, 0.1) is 12.2 Å². The Hall–Kier alpha value is -1.36. The number of aromatic nitrogens is 2. The van der Waals surface area contributed by atoms with Crippen molar-refractivity contribution < 1.29 is 4.79 Å². The summed E-state index contributed by atoms with van der Waals surface area (Å²) < 4.78 is 0. The van der Waals surface area contributed by atoms with Crippen LogP contribution >= 0.6 is 0 Å². The molecule has 0 radical (unpaired) electrons. The lowest BCUT2D eigenvalue weighted by molar-refractivity contribution is -0.122. The first-order valence-corrected chi connectivity index (χ1v) is 5.17. The molecule has 1 aromatic rings. The number of carbonyl (C=O) groups excluding carboxylic acids is 1. The Balaban J connectivity index is 2.38. The summed E-state index contributed by atoms with van der Waals surface area (Å²) in [7, 11) is 0. The Morgan fingerprint density at radius 1 is 1.73 bits per heavy atom. The monoisotopic (exact) mass is 210 g/mol. The number of carbonyl (C=O) groups is 1. The number of hydrogen-bond acceptors (Lipinski definition) is 3. The van der Waals surface area contributed by atoms with Crippen LogP contribution in [-0.4, -0.2) is 22.1 Å². The van der Waals surface area contributed by atoms with Crippen molar-refractivity contribution in [1.82, 2.24) is 15.5 Å². The van der Waals surface area contributed by atoms with E-state index in [0.29, 0.717) is 6.42 Å². The molecule has 15 heavy (non-hydrogen) atoms. The highest BCUT2D eigenvalue weighted by atomic mass is 16.1. The summed E-state index contributed by atoms with van der Waals surface area (Å²) in [6.45, 7) is 3.89. The summed E-state index contributed by atoms with van der Waals surface area (Å²) >= 11 is 0. The minimum absolute atomic E-state index is 0.0157. The number of H-pyrrole nitrogens is 1. The lowest BCUT2D eigenvalue weighted by atomic mass is 10.1. The first-order valence-electron chi connectivity index (χ1n) is 5.17. The third-order valence-electron chi connectivity index (χ3n) is 2.37. The smallest absolute Gasteiger partial charge is 0.222 e. The topological polar surface area (TPSA) is 83.8 Å². The van der Waals surface area contributed by atoms with Crippen LogP contribution in [0.2, 0.25) is 0 Å². The largest absolute Gasteiger partial charge is 0.349 e. The van der Waals surface area contributed by atoms with E-state index >= 15 is 0 Å². The van der Waals surface area contributed by atoms with Gasteiger partial charge in [-0.05, 0) is 13.3 Å². The zero-order chi connectivity index (χ0) is 11.3. The fraction of sp³-hybridized carbons (Fsp3) is 0.600. The second-order valence-corrected chi connectivity index (χ2v) is 3.69. The summed E-state index contributed by atoms with van der Waals surface area (Å²) in [6.07, 6.45) is 4.65. The van der Waals surface area contributed by atoms with E-state index in [4.69, 9.17) is 5.73 Å². The van der Waals surface area contributed by atoms with Gasteiger partial charge >= 0.3 is 0 Å². The van der Waals surface area contributed by atoms with Gasteiger partial charge in [-0.2, -0.15) is 5.10 Å². The molecular weight excluding hydrogens is 192 g/mol. The molecule has 0 aromatic carbocycles. The lowest BCUT2D eigenvalue weighted by Crippen LogP contribution is -2.32. The fourth-order valence-electron chi connectivity index (χ4n) is 1.26. The fourth-order valence-corrected chi connectivity index (χ4v) is 1.26. The summed E-state index contributed by atoms with van der Waals surface area (Å²) in [5.74, 6) is -0.0157. The quantitative estimate of drug-likeness (QED) is 0.669. The Morgan fingerprint density at radius 3 is 3.00 bits per heavy atom. The van der Waals surface area contributed by atoms with Crippen LogP contribution in [0.1, 0.15) is 38.3 Å². The van der Waals surface area contributed by atoms with Crippen molar-refractivity contribution in [2.24, 2.45) is 5.73 Å². The van der Waals surface area contributed by atoms with Crippen LogP contribution in [0.15, 0.2) is 12.4 Å². The predicted octanol–water partition coefficient (Wildman–Crippen LogP) is 0.714. The standard InChI is InChI=1S/C10H18N4O/c1-3-9(11)4-10(15)14-7(2)8-5-12-13-6-8/h5-7,9H,3-4,11H2,1-2H3,(H,12,13)(H,14,15). The Labute approximate surface area is 89.4 Å². The van der Waals surface area contributed by atoms with Crippen LogP contribution in [0.3, 0.4) is 0 Å². The maximum Gasteiger partial charge on any atom is 0.222 e. The number of rotatable bonds is 5. The van der Waals surface area contributed by atoms with Gasteiger partial charge in [0.2, 0.25) is 5.91 Å². The molecule has 1 heterocycles. The van der Waals surface area contributed by atoms with Gasteiger partial charge in [0.25, 0.3) is 0 Å². The summed E-state index contributed by atoms with van der Waals surface area (Å²) in [6, 6.07) is -0.0816. The number of aromatic amines is 1. The SMILES string of the molecule is CCC(N)CC(=O)NC(C)c1cn[nH]c1. The van der Waals surface area contributed by atoms with E-state index in [1.54, 1.807) is 12.4 Å². The molecule has 0 saturated heterocycles. The van der Waals surface area contributed by atoms with Gasteiger partial charge in [-0.3, -0.25) is 9.89 Å². The van der Waals surface area contributed by atoms with Crippen LogP contribution in [0.25, 0.3) is 0 Å². The second kappa shape index (κ2) is 5.50. The minimum atomic E-state index is -0.0541. The van der Waals surface area contributed by atoms with E-state index in [1.165, 1.54) is 0 Å². The normalized spacial score (nSPS) is 14.6. The molecule has 5 heteroatoms. The van der Waals surface area contributed by atoms with Gasteiger partial charge in [-0.15, -0.1) is 0 Å². The van der Waals surface area contributed by atoms with Gasteiger partial charge in [0.15, 0.2) is 0 Å². The van der Waals surface area contributed by atoms with Crippen molar-refractivity contribution in [3.05, 3.63) is 18.0 Å². The molecule has 0 saturated carbocycles. The van der Waals surface area contributed by atoms with Gasteiger partial charge < -0.3 is 11.1 Å². The predicted molar refractivity (Wildman–Crippen MR) is 58.0 cm³/mol. The van der Waals surface area contributed by atoms with Crippen molar-refractivity contribution >= 4 is 5.91 Å². The molecule has 0 aliphatic rings. The molecule has 0 aliphatic heterocycles. The number of nitrogens with two attached hydrogens (primary N) is 1. The van der Waals surface area contributed by atoms with Crippen molar-refractivity contribution in [2.45, 2.75) is 38.8 Å². The molecule has 0 spiro atoms. The molecule has 84 valence electrons. The summed E-state index contributed by atoms with van der Waals surface area (Å²) in [5.41, 5.74) is 6.66. The molecule has 1 rings (SSSR count). The molecule has 4 N–H and O–H groups in total. The average Bonchev–Trinajstić information content (AvgIpc) is 2.70. The third-order valence-corrected chi connectivity index (χ3v) is 2.37. The summed E-state index contributed by atoms with van der Waals surface area (Å²) in [4.78, 5) is 11.5. The van der Waals surface area contributed by atoms with Crippen LogP contribution < -0.4 is 11.1 Å². The van der Waals surface area contributed by atoms with E-state index in [1.807, 2.05) is 13.8 Å². The van der Waals surface area contributed by atoms with Crippen molar-refractivity contribution in [1.29, 1.82) is 0 Å². The molecular formula is C10H18N4O. The van der Waals surface area contributed by atoms with Crippen molar-refractivity contribution in [3.8, 4) is 0 Å². The van der Waals surface area contributed by atoms with E-state index in [-0.39, 0.29) is 18.0 Å². The first kappa shape index (κ1) is 11.7. The summed E-state index contributed by atoms with van der Waals surface area (Å²) in [5, 5.41) is 9.41. The Morgan fingerprint density at radius 2 is 2.47 bits per heavy atom. The van der Waals surface area contributed by atoms with Gasteiger partial charge in [-0.25, -0.2) is 0 Å². The maximum atomic E-state index is 11.5. The minimum Gasteiger partial charge on any atom is -0.349 e. The van der Waals surface area contributed by atoms with Gasteiger partial charge in [0, 0.05) is 24.2 Å². The van der Waals surface area contributed by atoms with Crippen LogP contribution in [-0.2, 0) is 4.79 Å². The molecule has 2 atom stereocenters. The van der Waals surface area contributed by atoms with E-state index in [2.05, 4.69) is 15.5 Å². The van der Waals surface area contributed by atoms with Crippen LogP contribution in [0.4, 0.5) is 0 Å². The molecule has 1 aromatic heterocycles. The second-order valence-electron chi connectivity index (χ2n) is 3.69. The van der Waals surface area contributed by atoms with Gasteiger partial charge in [0.1, 0.15) is 0 Å². The molecule has 0 aliphatic carbocycles. The number of hydrogen-bond donors (Lipinski definition) is 3. The highest BCUT2D eigenvalue weighted by molar-refractivity contribution is 5.76. The van der Waals surface area contributed by atoms with Crippen LogP contribution in [0.5, 0.6) is 0 Å². The van der Waals surface area contributed by atoms with Gasteiger partial charge in [-0.1, -0.05) is 6.92 Å². The molecule has 5 nitrogen and oxygen atoms in total. The third kappa shape index (κ3) is 3.71. The first-order chi connectivity index (χ1) is 7.13. The molecule has 0 fully saturated rings. The van der Waals surface area contributed by atoms with E-state index < -0.39 is 0 Å². The average molecular weight is 210 g/mol. The molecule has 2 unspecified atom stereocenters.